The fourth-order valence-corrected chi connectivity index (χ4v) is 3.31. The predicted octanol–water partition coefficient (Wildman–Crippen LogP) is 6.36. The summed E-state index contributed by atoms with van der Waals surface area (Å²) in [5.74, 6) is -1.59. The maximum atomic E-state index is 13.1. The van der Waals surface area contributed by atoms with Gasteiger partial charge in [0.25, 0.3) is 0 Å². The van der Waals surface area contributed by atoms with Crippen LogP contribution in [0.1, 0.15) is 16.1 Å². The van der Waals surface area contributed by atoms with E-state index in [1.165, 1.54) is 24.3 Å². The molecule has 4 rings (SSSR count). The molecule has 0 fully saturated rings. The molecule has 0 unspecified atom stereocenters. The lowest BCUT2D eigenvalue weighted by molar-refractivity contribution is -0.137. The van der Waals surface area contributed by atoms with E-state index < -0.39 is 17.7 Å². The molecule has 0 aliphatic heterocycles. The van der Waals surface area contributed by atoms with Gasteiger partial charge in [-0.2, -0.15) is 13.2 Å². The summed E-state index contributed by atoms with van der Waals surface area (Å²) >= 11 is 0. The molecule has 0 saturated carbocycles. The number of carboxylic acid groups (broad SMARTS) is 1. The fraction of sp³-hybridized carbons (Fsp3) is 0.0455. The highest BCUT2D eigenvalue weighted by Gasteiger charge is 2.30. The fourth-order valence-electron chi connectivity index (χ4n) is 3.31. The van der Waals surface area contributed by atoms with E-state index in [-0.39, 0.29) is 11.5 Å². The quantitative estimate of drug-likeness (QED) is 0.394. The summed E-state index contributed by atoms with van der Waals surface area (Å²) < 4.78 is 51.6. The molecule has 0 atom stereocenters. The molecule has 0 aliphatic carbocycles. The van der Waals surface area contributed by atoms with Crippen molar-refractivity contribution in [3.05, 3.63) is 83.8 Å². The van der Waals surface area contributed by atoms with Crippen LogP contribution < -0.4 is 0 Å². The molecule has 29 heavy (non-hydrogen) atoms. The number of carboxylic acids is 1. The minimum atomic E-state index is -4.47. The first-order valence-electron chi connectivity index (χ1n) is 8.56. The average molecular weight is 399 g/mol. The van der Waals surface area contributed by atoms with E-state index in [1.54, 1.807) is 30.3 Å². The SMILES string of the molecule is O=C(O)c1[nH]c2cc(-c3ccc(F)cc3)ccc2c1-c1ccc(C(F)(F)F)cc1. The Bertz CT molecular complexity index is 1210. The number of aromatic nitrogens is 1. The predicted molar refractivity (Wildman–Crippen MR) is 101 cm³/mol. The van der Waals surface area contributed by atoms with Gasteiger partial charge >= 0.3 is 12.1 Å². The van der Waals surface area contributed by atoms with Crippen molar-refractivity contribution in [2.75, 3.05) is 0 Å². The van der Waals surface area contributed by atoms with Crippen LogP contribution >= 0.6 is 0 Å². The Labute approximate surface area is 162 Å². The van der Waals surface area contributed by atoms with Crippen LogP contribution in [0.2, 0.25) is 0 Å². The van der Waals surface area contributed by atoms with Crippen LogP contribution in [-0.2, 0) is 6.18 Å². The van der Waals surface area contributed by atoms with Gasteiger partial charge in [0.1, 0.15) is 11.5 Å². The first-order valence-corrected chi connectivity index (χ1v) is 8.56. The van der Waals surface area contributed by atoms with Crippen molar-refractivity contribution >= 4 is 16.9 Å². The molecule has 7 heteroatoms. The normalized spacial score (nSPS) is 11.7. The van der Waals surface area contributed by atoms with E-state index in [9.17, 15) is 27.5 Å². The van der Waals surface area contributed by atoms with Crippen LogP contribution in [0, 0.1) is 5.82 Å². The Morgan fingerprint density at radius 2 is 1.41 bits per heavy atom. The van der Waals surface area contributed by atoms with Gasteiger partial charge in [0.05, 0.1) is 5.56 Å². The Morgan fingerprint density at radius 3 is 2.00 bits per heavy atom. The summed E-state index contributed by atoms with van der Waals surface area (Å²) in [6.07, 6.45) is -4.47. The Balaban J connectivity index is 1.86. The summed E-state index contributed by atoms with van der Waals surface area (Å²) in [5.41, 5.74) is 1.75. The lowest BCUT2D eigenvalue weighted by atomic mass is 9.98. The minimum Gasteiger partial charge on any atom is -0.477 e. The third-order valence-electron chi connectivity index (χ3n) is 4.69. The molecule has 0 radical (unpaired) electrons. The van der Waals surface area contributed by atoms with Gasteiger partial charge in [0.2, 0.25) is 0 Å². The number of hydrogen-bond acceptors (Lipinski definition) is 1. The molecule has 3 nitrogen and oxygen atoms in total. The molecule has 0 aliphatic rings. The number of alkyl halides is 3. The number of rotatable bonds is 3. The molecule has 0 spiro atoms. The van der Waals surface area contributed by atoms with Crippen molar-refractivity contribution in [3.8, 4) is 22.3 Å². The summed E-state index contributed by atoms with van der Waals surface area (Å²) in [6, 6.07) is 15.4. The number of H-pyrrole nitrogens is 1. The third kappa shape index (κ3) is 3.47. The van der Waals surface area contributed by atoms with Crippen molar-refractivity contribution in [3.63, 3.8) is 0 Å². The van der Waals surface area contributed by atoms with Gasteiger partial charge in [-0.25, -0.2) is 9.18 Å². The molecule has 3 aromatic carbocycles. The molecule has 4 aromatic rings. The van der Waals surface area contributed by atoms with Crippen LogP contribution in [0.4, 0.5) is 17.6 Å². The van der Waals surface area contributed by atoms with Crippen molar-refractivity contribution in [1.82, 2.24) is 4.98 Å². The molecule has 0 saturated heterocycles. The van der Waals surface area contributed by atoms with E-state index in [1.807, 2.05) is 0 Å². The maximum Gasteiger partial charge on any atom is 0.416 e. The highest BCUT2D eigenvalue weighted by Crippen LogP contribution is 2.37. The second-order valence-electron chi connectivity index (χ2n) is 6.52. The van der Waals surface area contributed by atoms with Gasteiger partial charge < -0.3 is 10.1 Å². The van der Waals surface area contributed by atoms with E-state index >= 15 is 0 Å². The molecule has 0 bridgehead atoms. The van der Waals surface area contributed by atoms with E-state index in [4.69, 9.17) is 0 Å². The number of halogens is 4. The van der Waals surface area contributed by atoms with E-state index in [0.717, 1.165) is 23.3 Å². The summed E-state index contributed by atoms with van der Waals surface area (Å²) in [4.78, 5) is 14.6. The van der Waals surface area contributed by atoms with Crippen LogP contribution in [-0.4, -0.2) is 16.1 Å². The zero-order valence-electron chi connectivity index (χ0n) is 14.7. The van der Waals surface area contributed by atoms with Gasteiger partial charge in [-0.1, -0.05) is 36.4 Å². The summed E-state index contributed by atoms with van der Waals surface area (Å²) in [6.45, 7) is 0. The molecular formula is C22H13F4NO2. The summed E-state index contributed by atoms with van der Waals surface area (Å²) in [7, 11) is 0. The standard InChI is InChI=1S/C22H13F4NO2/c23-16-8-3-12(4-9-16)14-5-10-17-18(11-14)27-20(21(28)29)19(17)13-1-6-15(7-2-13)22(24,25)26/h1-11,27H,(H,28,29). The largest absolute Gasteiger partial charge is 0.477 e. The first kappa shape index (κ1) is 18.7. The van der Waals surface area contributed by atoms with Crippen LogP contribution in [0.3, 0.4) is 0 Å². The van der Waals surface area contributed by atoms with Crippen molar-refractivity contribution in [1.29, 1.82) is 0 Å². The Morgan fingerprint density at radius 1 is 0.828 bits per heavy atom. The number of hydrogen-bond donors (Lipinski definition) is 2. The highest BCUT2D eigenvalue weighted by atomic mass is 19.4. The number of aromatic carboxylic acids is 1. The van der Waals surface area contributed by atoms with Gasteiger partial charge in [-0.3, -0.25) is 0 Å². The van der Waals surface area contributed by atoms with E-state index in [2.05, 4.69) is 4.98 Å². The van der Waals surface area contributed by atoms with Crippen molar-refractivity contribution in [2.45, 2.75) is 6.18 Å². The van der Waals surface area contributed by atoms with Crippen LogP contribution in [0.25, 0.3) is 33.2 Å². The van der Waals surface area contributed by atoms with Crippen LogP contribution in [0.15, 0.2) is 66.7 Å². The summed E-state index contributed by atoms with van der Waals surface area (Å²) in [5, 5.41) is 10.1. The number of benzene rings is 3. The highest BCUT2D eigenvalue weighted by molar-refractivity contribution is 6.08. The smallest absolute Gasteiger partial charge is 0.416 e. The average Bonchev–Trinajstić information content (AvgIpc) is 3.07. The van der Waals surface area contributed by atoms with Crippen molar-refractivity contribution in [2.24, 2.45) is 0 Å². The number of carbonyl (C=O) groups is 1. The second-order valence-corrected chi connectivity index (χ2v) is 6.52. The number of nitrogens with one attached hydrogen (secondary N) is 1. The lowest BCUT2D eigenvalue weighted by Gasteiger charge is -2.08. The maximum absolute atomic E-state index is 13.1. The zero-order chi connectivity index (χ0) is 20.8. The zero-order valence-corrected chi connectivity index (χ0v) is 14.7. The topological polar surface area (TPSA) is 53.1 Å². The van der Waals surface area contributed by atoms with Gasteiger partial charge in [0.15, 0.2) is 0 Å². The molecule has 1 heterocycles. The van der Waals surface area contributed by atoms with Gasteiger partial charge in [0, 0.05) is 16.5 Å². The molecule has 0 amide bonds. The molecule has 2 N–H and O–H groups in total. The number of fused-ring (bicyclic) bond motifs is 1. The van der Waals surface area contributed by atoms with Crippen LogP contribution in [0.5, 0.6) is 0 Å². The van der Waals surface area contributed by atoms with E-state index in [0.29, 0.717) is 22.0 Å². The lowest BCUT2D eigenvalue weighted by Crippen LogP contribution is -2.04. The Hall–Kier alpha value is -3.61. The molecule has 146 valence electrons. The molecular weight excluding hydrogens is 386 g/mol. The van der Waals surface area contributed by atoms with Gasteiger partial charge in [-0.15, -0.1) is 0 Å². The number of aromatic amines is 1. The molecule has 1 aromatic heterocycles. The first-order chi connectivity index (χ1) is 13.7. The second kappa shape index (κ2) is 6.77. The Kier molecular flexibility index (Phi) is 4.38. The minimum absolute atomic E-state index is 0.115. The van der Waals surface area contributed by atoms with Crippen molar-refractivity contribution < 1.29 is 27.5 Å². The third-order valence-corrected chi connectivity index (χ3v) is 4.69. The monoisotopic (exact) mass is 399 g/mol. The van der Waals surface area contributed by atoms with Gasteiger partial charge in [-0.05, 0) is 47.0 Å².